The molecule has 5 rings (SSSR count). The number of hydrogen-bond acceptors (Lipinski definition) is 6. The van der Waals surface area contributed by atoms with Gasteiger partial charge in [0, 0.05) is 28.6 Å². The quantitative estimate of drug-likeness (QED) is 0.131. The number of alkyl halides is 2. The Bertz CT molecular complexity index is 1620. The van der Waals surface area contributed by atoms with E-state index in [0.717, 1.165) is 18.5 Å². The van der Waals surface area contributed by atoms with Crippen molar-refractivity contribution in [2.24, 2.45) is 4.99 Å². The number of nitrogens with zero attached hydrogens (tertiary/aromatic N) is 3. The molecular formula is C35H32F2N3NiO5-. The third kappa shape index (κ3) is 8.63. The Balaban J connectivity index is 0.00000480. The number of aliphatic carboxylic acids is 1. The fourth-order valence-corrected chi connectivity index (χ4v) is 5.40. The molecule has 1 heterocycles. The standard InChI is InChI=1S/C35H33F2N3O5.Ni/c36-35(37)45-26-19-17-25(18-20-26)32(41)31(34(43)44)39-30(24-12-5-2-6-13-24)27-14-7-8-15-28(27)38-33(42)29-16-9-21-40(29)22-23-10-3-1-4-11-23;/h1-8,10-15,17-20,29,31-32,35,41H,9,16,21-22H2,(H2,38,39,42,43,44);/p-1/t29-,31+,32+;/m0./s1. The van der Waals surface area contributed by atoms with Crippen molar-refractivity contribution in [1.82, 2.24) is 4.90 Å². The van der Waals surface area contributed by atoms with Gasteiger partial charge in [-0.05, 0) is 48.2 Å². The molecule has 11 heteroatoms. The number of benzene rings is 4. The molecule has 1 amide bonds. The zero-order valence-electron chi connectivity index (χ0n) is 24.6. The van der Waals surface area contributed by atoms with Crippen molar-refractivity contribution in [3.8, 4) is 5.75 Å². The minimum atomic E-state index is -3.02. The summed E-state index contributed by atoms with van der Waals surface area (Å²) >= 11 is 0. The number of aliphatic imine (C=N–C) groups is 1. The summed E-state index contributed by atoms with van der Waals surface area (Å²) < 4.78 is 29.5. The molecule has 4 aromatic carbocycles. The zero-order valence-corrected chi connectivity index (χ0v) is 25.6. The summed E-state index contributed by atoms with van der Waals surface area (Å²) in [7, 11) is 0. The first kappa shape index (κ1) is 34.4. The van der Waals surface area contributed by atoms with Gasteiger partial charge in [0.1, 0.15) is 11.9 Å². The minimum absolute atomic E-state index is 0. The molecule has 0 aromatic heterocycles. The molecule has 1 aliphatic heterocycles. The number of carbonyl (C=O) groups is 2. The number of carboxylic acids is 1. The van der Waals surface area contributed by atoms with Crippen LogP contribution in [-0.2, 0) is 32.6 Å². The molecule has 0 aliphatic carbocycles. The van der Waals surface area contributed by atoms with Crippen molar-refractivity contribution in [2.45, 2.75) is 44.2 Å². The van der Waals surface area contributed by atoms with E-state index in [0.29, 0.717) is 29.8 Å². The van der Waals surface area contributed by atoms with E-state index in [1.807, 2.05) is 30.3 Å². The Morgan fingerprint density at radius 3 is 2.20 bits per heavy atom. The van der Waals surface area contributed by atoms with E-state index in [4.69, 9.17) is 0 Å². The maximum absolute atomic E-state index is 13.6. The van der Waals surface area contributed by atoms with E-state index in [2.05, 4.69) is 19.9 Å². The van der Waals surface area contributed by atoms with Crippen molar-refractivity contribution >= 4 is 23.3 Å². The zero-order chi connectivity index (χ0) is 31.8. The summed E-state index contributed by atoms with van der Waals surface area (Å²) in [5.41, 5.74) is 2.77. The number of ether oxygens (including phenoxy) is 1. The summed E-state index contributed by atoms with van der Waals surface area (Å²) in [6, 6.07) is 28.6. The number of rotatable bonds is 12. The van der Waals surface area contributed by atoms with Crippen LogP contribution in [0.4, 0.5) is 14.5 Å². The van der Waals surface area contributed by atoms with Crippen LogP contribution in [0, 0.1) is 0 Å². The largest absolute Gasteiger partial charge is 0.625 e. The van der Waals surface area contributed by atoms with Crippen LogP contribution >= 0.6 is 0 Å². The van der Waals surface area contributed by atoms with Gasteiger partial charge in [0.2, 0.25) is 0 Å². The molecule has 4 aromatic rings. The number of hydrogen-bond donors (Lipinski definition) is 2. The number of carboxylic acid groups (broad SMARTS) is 1. The molecule has 46 heavy (non-hydrogen) atoms. The summed E-state index contributed by atoms with van der Waals surface area (Å²) in [5.74, 6) is -1.84. The molecule has 0 spiro atoms. The third-order valence-electron chi connectivity index (χ3n) is 7.58. The molecule has 0 unspecified atom stereocenters. The van der Waals surface area contributed by atoms with Crippen molar-refractivity contribution in [3.05, 3.63) is 137 Å². The summed E-state index contributed by atoms with van der Waals surface area (Å²) in [6.45, 7) is -1.63. The monoisotopic (exact) mass is 670 g/mol. The van der Waals surface area contributed by atoms with Crippen LogP contribution in [0.25, 0.3) is 5.32 Å². The fourth-order valence-electron chi connectivity index (χ4n) is 5.40. The van der Waals surface area contributed by atoms with Crippen LogP contribution < -0.4 is 4.74 Å². The number of aliphatic hydroxyl groups is 1. The second kappa shape index (κ2) is 16.2. The van der Waals surface area contributed by atoms with Gasteiger partial charge in [0.05, 0.1) is 17.7 Å². The Morgan fingerprint density at radius 2 is 1.54 bits per heavy atom. The second-order valence-corrected chi connectivity index (χ2v) is 10.6. The Morgan fingerprint density at radius 1 is 0.913 bits per heavy atom. The summed E-state index contributed by atoms with van der Waals surface area (Å²) in [5, 5.41) is 25.8. The number of halogens is 2. The Kier molecular flexibility index (Phi) is 12.1. The number of carbonyl (C=O) groups excluding carboxylic acids is 1. The minimum Gasteiger partial charge on any atom is -0.625 e. The first-order valence-electron chi connectivity index (χ1n) is 14.5. The normalized spacial score (nSPS) is 16.3. The van der Waals surface area contributed by atoms with Gasteiger partial charge in [-0.3, -0.25) is 9.89 Å². The van der Waals surface area contributed by atoms with Gasteiger partial charge in [-0.25, -0.2) is 4.79 Å². The molecule has 1 fully saturated rings. The fraction of sp³-hybridized carbons (Fsp3) is 0.229. The molecule has 1 saturated heterocycles. The summed E-state index contributed by atoms with van der Waals surface area (Å²) in [6.07, 6.45) is -0.0896. The van der Waals surface area contributed by atoms with Crippen LogP contribution in [0.1, 0.15) is 41.2 Å². The van der Waals surface area contributed by atoms with Crippen LogP contribution in [0.5, 0.6) is 5.75 Å². The van der Waals surface area contributed by atoms with E-state index in [9.17, 15) is 28.6 Å². The van der Waals surface area contributed by atoms with E-state index in [-0.39, 0.29) is 39.4 Å². The topological polar surface area (TPSA) is 114 Å². The average Bonchev–Trinajstić information content (AvgIpc) is 3.51. The van der Waals surface area contributed by atoms with E-state index in [1.54, 1.807) is 54.6 Å². The maximum atomic E-state index is 13.6. The Labute approximate surface area is 275 Å². The van der Waals surface area contributed by atoms with Crippen LogP contribution in [0.15, 0.2) is 114 Å². The van der Waals surface area contributed by atoms with Gasteiger partial charge in [-0.1, -0.05) is 97.1 Å². The molecular weight excluding hydrogens is 639 g/mol. The van der Waals surface area contributed by atoms with Crippen molar-refractivity contribution in [1.29, 1.82) is 0 Å². The van der Waals surface area contributed by atoms with Crippen LogP contribution in [0.2, 0.25) is 0 Å². The second-order valence-electron chi connectivity index (χ2n) is 10.6. The number of amides is 1. The molecule has 0 radical (unpaired) electrons. The molecule has 2 N–H and O–H groups in total. The van der Waals surface area contributed by atoms with E-state index in [1.165, 1.54) is 24.3 Å². The van der Waals surface area contributed by atoms with Gasteiger partial charge in [0.25, 0.3) is 0 Å². The van der Waals surface area contributed by atoms with Gasteiger partial charge in [-0.2, -0.15) is 8.78 Å². The predicted molar refractivity (Wildman–Crippen MR) is 166 cm³/mol. The van der Waals surface area contributed by atoms with E-state index < -0.39 is 30.8 Å². The summed E-state index contributed by atoms with van der Waals surface area (Å²) in [4.78, 5) is 32.7. The molecule has 1 aliphatic rings. The van der Waals surface area contributed by atoms with Gasteiger partial charge < -0.3 is 25.1 Å². The maximum Gasteiger partial charge on any atom is 0.387 e. The molecule has 0 bridgehead atoms. The van der Waals surface area contributed by atoms with E-state index >= 15 is 0 Å². The molecule has 0 saturated carbocycles. The number of para-hydroxylation sites is 1. The first-order chi connectivity index (χ1) is 21.8. The molecule has 8 nitrogen and oxygen atoms in total. The SMILES string of the molecule is O=C(O)[C@H](N=C(c1ccccc1)c1ccccc1[N-]C(=O)[C@@H]1CCCN1Cc1ccccc1)[C@H](O)c1ccc(OC(F)F)cc1.[Ni]. The van der Waals surface area contributed by atoms with Crippen LogP contribution in [0.3, 0.4) is 0 Å². The Hall–Kier alpha value is -4.44. The third-order valence-corrected chi connectivity index (χ3v) is 7.58. The van der Waals surface area contributed by atoms with Gasteiger partial charge >= 0.3 is 12.6 Å². The van der Waals surface area contributed by atoms with Crippen molar-refractivity contribution in [3.63, 3.8) is 0 Å². The van der Waals surface area contributed by atoms with Gasteiger partial charge in [0.15, 0.2) is 6.04 Å². The number of likely N-dealkylation sites (tertiary alicyclic amines) is 1. The predicted octanol–water partition coefficient (Wildman–Crippen LogP) is 6.51. The smallest absolute Gasteiger partial charge is 0.387 e. The van der Waals surface area contributed by atoms with Gasteiger partial charge in [-0.15, -0.1) is 5.69 Å². The molecule has 3 atom stereocenters. The average molecular weight is 671 g/mol. The van der Waals surface area contributed by atoms with Crippen LogP contribution in [-0.4, -0.2) is 57.9 Å². The van der Waals surface area contributed by atoms with Crippen molar-refractivity contribution in [2.75, 3.05) is 6.54 Å². The molecule has 242 valence electrons. The van der Waals surface area contributed by atoms with Crippen molar-refractivity contribution < 1.29 is 49.8 Å². The first-order valence-corrected chi connectivity index (χ1v) is 14.5. The number of aliphatic hydroxyl groups excluding tert-OH is 1.